The van der Waals surface area contributed by atoms with E-state index in [4.69, 9.17) is 4.52 Å². The average Bonchev–Trinajstić information content (AvgIpc) is 2.46. The number of rotatable bonds is 6. The molecule has 1 heterocycles. The topological polar surface area (TPSA) is 58.3 Å². The lowest BCUT2D eigenvalue weighted by atomic mass is 9.87. The van der Waals surface area contributed by atoms with Crippen LogP contribution in [0.4, 0.5) is 0 Å². The lowest BCUT2D eigenvalue weighted by molar-refractivity contribution is 0.128. The van der Waals surface area contributed by atoms with E-state index in [-0.39, 0.29) is 11.5 Å². The van der Waals surface area contributed by atoms with Crippen molar-refractivity contribution in [2.75, 3.05) is 6.54 Å². The monoisotopic (exact) mass is 240 g/mol. The number of aryl methyl sites for hydroxylation is 2. The molecule has 0 aromatic carbocycles. The van der Waals surface area contributed by atoms with Crippen LogP contribution in [0.15, 0.2) is 4.52 Å². The minimum absolute atomic E-state index is 0.0904. The number of aliphatic hydroxyl groups is 1. The van der Waals surface area contributed by atoms with Crippen molar-refractivity contribution < 1.29 is 9.63 Å². The summed E-state index contributed by atoms with van der Waals surface area (Å²) in [6.45, 7) is 11.6. The molecule has 1 unspecified atom stereocenters. The van der Waals surface area contributed by atoms with Gasteiger partial charge in [-0.1, -0.05) is 19.0 Å². The smallest absolute Gasteiger partial charge is 0.138 e. The summed E-state index contributed by atoms with van der Waals surface area (Å²) in [6.07, 6.45) is 0.535. The Hall–Kier alpha value is -0.870. The summed E-state index contributed by atoms with van der Waals surface area (Å²) >= 11 is 0. The van der Waals surface area contributed by atoms with E-state index >= 15 is 0 Å². The first-order valence-electron chi connectivity index (χ1n) is 6.12. The van der Waals surface area contributed by atoms with E-state index in [2.05, 4.69) is 24.3 Å². The van der Waals surface area contributed by atoms with Crippen molar-refractivity contribution >= 4 is 0 Å². The summed E-state index contributed by atoms with van der Waals surface area (Å²) in [5, 5.41) is 16.7. The van der Waals surface area contributed by atoms with Crippen molar-refractivity contribution in [3.05, 3.63) is 17.0 Å². The number of nitrogens with zero attached hydrogens (tertiary/aromatic N) is 1. The van der Waals surface area contributed by atoms with Crippen LogP contribution < -0.4 is 5.32 Å². The van der Waals surface area contributed by atoms with Gasteiger partial charge in [0.15, 0.2) is 0 Å². The largest absolute Gasteiger partial charge is 0.393 e. The molecule has 0 aliphatic heterocycles. The van der Waals surface area contributed by atoms with E-state index in [1.807, 2.05) is 20.8 Å². The molecule has 0 bridgehead atoms. The highest BCUT2D eigenvalue weighted by atomic mass is 16.5. The third kappa shape index (κ3) is 4.48. The first-order valence-corrected chi connectivity index (χ1v) is 6.12. The molecule has 0 saturated carbocycles. The summed E-state index contributed by atoms with van der Waals surface area (Å²) in [7, 11) is 0. The van der Waals surface area contributed by atoms with Gasteiger partial charge in [-0.15, -0.1) is 0 Å². The predicted molar refractivity (Wildman–Crippen MR) is 67.8 cm³/mol. The highest BCUT2D eigenvalue weighted by molar-refractivity contribution is 5.20. The van der Waals surface area contributed by atoms with Gasteiger partial charge in [0.2, 0.25) is 0 Å². The van der Waals surface area contributed by atoms with Gasteiger partial charge in [-0.2, -0.15) is 0 Å². The van der Waals surface area contributed by atoms with Gasteiger partial charge in [0.1, 0.15) is 5.76 Å². The van der Waals surface area contributed by atoms with Gasteiger partial charge in [-0.25, -0.2) is 0 Å². The summed E-state index contributed by atoms with van der Waals surface area (Å²) in [5.41, 5.74) is 2.17. The SMILES string of the molecule is Cc1noc(C)c1CNCC(C)(C)CC(C)O. The lowest BCUT2D eigenvalue weighted by Crippen LogP contribution is -2.31. The Kier molecular flexibility index (Phi) is 4.71. The van der Waals surface area contributed by atoms with Crippen LogP contribution >= 0.6 is 0 Å². The van der Waals surface area contributed by atoms with Crippen LogP contribution in [0.3, 0.4) is 0 Å². The average molecular weight is 240 g/mol. The Morgan fingerprint density at radius 1 is 1.41 bits per heavy atom. The molecule has 1 rings (SSSR count). The summed E-state index contributed by atoms with van der Waals surface area (Å²) < 4.78 is 5.11. The van der Waals surface area contributed by atoms with Crippen LogP contribution in [0.5, 0.6) is 0 Å². The fraction of sp³-hybridized carbons (Fsp3) is 0.769. The van der Waals surface area contributed by atoms with Crippen molar-refractivity contribution in [1.82, 2.24) is 10.5 Å². The molecule has 17 heavy (non-hydrogen) atoms. The van der Waals surface area contributed by atoms with Crippen molar-refractivity contribution in [2.24, 2.45) is 5.41 Å². The maximum Gasteiger partial charge on any atom is 0.138 e. The molecule has 4 heteroatoms. The molecule has 0 amide bonds. The zero-order valence-electron chi connectivity index (χ0n) is 11.5. The van der Waals surface area contributed by atoms with Crippen LogP contribution in [0.2, 0.25) is 0 Å². The number of hydrogen-bond donors (Lipinski definition) is 2. The normalized spacial score (nSPS) is 14.0. The molecular formula is C13H24N2O2. The third-order valence-corrected chi connectivity index (χ3v) is 2.93. The maximum atomic E-state index is 9.41. The van der Waals surface area contributed by atoms with E-state index in [0.29, 0.717) is 0 Å². The molecule has 0 fully saturated rings. The highest BCUT2D eigenvalue weighted by Gasteiger charge is 2.20. The molecule has 0 aliphatic rings. The van der Waals surface area contributed by atoms with E-state index in [1.165, 1.54) is 0 Å². The molecule has 1 atom stereocenters. The Balaban J connectivity index is 2.42. The van der Waals surface area contributed by atoms with Crippen molar-refractivity contribution in [2.45, 2.75) is 53.7 Å². The Morgan fingerprint density at radius 2 is 2.06 bits per heavy atom. The molecule has 1 aromatic rings. The molecular weight excluding hydrogens is 216 g/mol. The maximum absolute atomic E-state index is 9.41. The van der Waals surface area contributed by atoms with Crippen LogP contribution in [0.1, 0.15) is 44.2 Å². The molecule has 4 nitrogen and oxygen atoms in total. The van der Waals surface area contributed by atoms with Gasteiger partial charge in [-0.3, -0.25) is 0 Å². The number of aromatic nitrogens is 1. The second-order valence-electron chi connectivity index (χ2n) is 5.62. The van der Waals surface area contributed by atoms with Crippen LogP contribution in [0.25, 0.3) is 0 Å². The second kappa shape index (κ2) is 5.65. The molecule has 0 saturated heterocycles. The van der Waals surface area contributed by atoms with Gasteiger partial charge in [0.25, 0.3) is 0 Å². The number of nitrogens with one attached hydrogen (secondary N) is 1. The van der Waals surface area contributed by atoms with Crippen molar-refractivity contribution in [3.8, 4) is 0 Å². The molecule has 1 aromatic heterocycles. The number of aliphatic hydroxyl groups excluding tert-OH is 1. The van der Waals surface area contributed by atoms with E-state index < -0.39 is 0 Å². The van der Waals surface area contributed by atoms with Crippen LogP contribution in [-0.2, 0) is 6.54 Å². The molecule has 98 valence electrons. The summed E-state index contributed by atoms with van der Waals surface area (Å²) in [5.74, 6) is 0.878. The summed E-state index contributed by atoms with van der Waals surface area (Å²) in [4.78, 5) is 0. The molecule has 0 aliphatic carbocycles. The van der Waals surface area contributed by atoms with Gasteiger partial charge < -0.3 is 14.9 Å². The fourth-order valence-electron chi connectivity index (χ4n) is 2.15. The lowest BCUT2D eigenvalue weighted by Gasteiger charge is -2.26. The Bertz CT molecular complexity index is 337. The van der Waals surface area contributed by atoms with Crippen LogP contribution in [0, 0.1) is 19.3 Å². The van der Waals surface area contributed by atoms with Crippen molar-refractivity contribution in [1.29, 1.82) is 0 Å². The quantitative estimate of drug-likeness (QED) is 0.800. The summed E-state index contributed by atoms with van der Waals surface area (Å²) in [6, 6.07) is 0. The van der Waals surface area contributed by atoms with E-state index in [0.717, 1.165) is 36.5 Å². The predicted octanol–water partition coefficient (Wildman–Crippen LogP) is 2.18. The second-order valence-corrected chi connectivity index (χ2v) is 5.62. The first kappa shape index (κ1) is 14.2. The minimum Gasteiger partial charge on any atom is -0.393 e. The molecule has 2 N–H and O–H groups in total. The Morgan fingerprint density at radius 3 is 2.53 bits per heavy atom. The van der Waals surface area contributed by atoms with Crippen molar-refractivity contribution in [3.63, 3.8) is 0 Å². The van der Waals surface area contributed by atoms with Gasteiger partial charge in [-0.05, 0) is 32.6 Å². The van der Waals surface area contributed by atoms with E-state index in [1.54, 1.807) is 0 Å². The Labute approximate surface area is 103 Å². The highest BCUT2D eigenvalue weighted by Crippen LogP contribution is 2.21. The fourth-order valence-corrected chi connectivity index (χ4v) is 2.15. The van der Waals surface area contributed by atoms with Crippen LogP contribution in [-0.4, -0.2) is 22.9 Å². The minimum atomic E-state index is -0.258. The van der Waals surface area contributed by atoms with Gasteiger partial charge in [0, 0.05) is 18.7 Å². The van der Waals surface area contributed by atoms with Gasteiger partial charge in [0.05, 0.1) is 11.8 Å². The molecule has 0 spiro atoms. The van der Waals surface area contributed by atoms with Gasteiger partial charge >= 0.3 is 0 Å². The number of hydrogen-bond acceptors (Lipinski definition) is 4. The third-order valence-electron chi connectivity index (χ3n) is 2.93. The first-order chi connectivity index (χ1) is 7.82. The standard InChI is InChI=1S/C13H24N2O2/c1-9(16)6-13(4,5)8-14-7-12-10(2)15-17-11(12)3/h9,14,16H,6-8H2,1-5H3. The zero-order chi connectivity index (χ0) is 13.1. The zero-order valence-corrected chi connectivity index (χ0v) is 11.5. The van der Waals surface area contributed by atoms with E-state index in [9.17, 15) is 5.11 Å². The molecule has 0 radical (unpaired) electrons.